The number of hydrogen-bond donors (Lipinski definition) is 1. The van der Waals surface area contributed by atoms with Gasteiger partial charge in [0.2, 0.25) is 5.91 Å². The maximum absolute atomic E-state index is 12.5. The lowest BCUT2D eigenvalue weighted by molar-refractivity contribution is -0.134. The zero-order valence-electron chi connectivity index (χ0n) is 14.1. The van der Waals surface area contributed by atoms with Gasteiger partial charge in [0.25, 0.3) is 0 Å². The monoisotopic (exact) mass is 295 g/mol. The summed E-state index contributed by atoms with van der Waals surface area (Å²) < 4.78 is 0. The van der Waals surface area contributed by atoms with E-state index in [0.29, 0.717) is 30.6 Å². The summed E-state index contributed by atoms with van der Waals surface area (Å²) in [6, 6.07) is 1.74. The zero-order chi connectivity index (χ0) is 15.2. The quantitative estimate of drug-likeness (QED) is 0.845. The number of rotatable bonds is 5. The number of amides is 1. The molecule has 122 valence electrons. The van der Waals surface area contributed by atoms with Crippen LogP contribution in [0.3, 0.4) is 0 Å². The van der Waals surface area contributed by atoms with Crippen LogP contribution in [-0.2, 0) is 4.79 Å². The standard InChI is InChI=1S/C17H33N3O/c1-18-14-9-11-15(12-10-14)19(2)13-17(21)20(3)16-7-5-4-6-8-16/h14-16,18H,4-13H2,1-3H3. The lowest BCUT2D eigenvalue weighted by Gasteiger charge is -2.36. The molecule has 0 aliphatic heterocycles. The Morgan fingerprint density at radius 3 is 2.14 bits per heavy atom. The summed E-state index contributed by atoms with van der Waals surface area (Å²) in [5.41, 5.74) is 0. The molecule has 0 aromatic carbocycles. The molecule has 0 saturated heterocycles. The zero-order valence-corrected chi connectivity index (χ0v) is 14.1. The summed E-state index contributed by atoms with van der Waals surface area (Å²) >= 11 is 0. The lowest BCUT2D eigenvalue weighted by atomic mass is 9.90. The Labute approximate surface area is 130 Å². The van der Waals surface area contributed by atoms with Gasteiger partial charge in [-0.05, 0) is 52.6 Å². The predicted molar refractivity (Wildman–Crippen MR) is 87.4 cm³/mol. The molecule has 2 aliphatic rings. The third-order valence-electron chi connectivity index (χ3n) is 5.63. The molecular weight excluding hydrogens is 262 g/mol. The Balaban J connectivity index is 1.76. The second-order valence-electron chi connectivity index (χ2n) is 7.01. The Bertz CT molecular complexity index is 320. The molecule has 0 spiro atoms. The van der Waals surface area contributed by atoms with E-state index in [2.05, 4.69) is 24.3 Å². The number of carbonyl (C=O) groups is 1. The van der Waals surface area contributed by atoms with Gasteiger partial charge in [-0.1, -0.05) is 19.3 Å². The van der Waals surface area contributed by atoms with Crippen molar-refractivity contribution in [2.45, 2.75) is 75.9 Å². The van der Waals surface area contributed by atoms with Gasteiger partial charge >= 0.3 is 0 Å². The van der Waals surface area contributed by atoms with E-state index in [1.165, 1.54) is 57.8 Å². The molecule has 1 amide bonds. The first-order valence-corrected chi connectivity index (χ1v) is 8.75. The van der Waals surface area contributed by atoms with E-state index in [4.69, 9.17) is 0 Å². The summed E-state index contributed by atoms with van der Waals surface area (Å²) in [5, 5.41) is 3.37. The molecule has 2 fully saturated rings. The normalized spacial score (nSPS) is 27.8. The van der Waals surface area contributed by atoms with E-state index in [1.807, 2.05) is 11.9 Å². The lowest BCUT2D eigenvalue weighted by Crippen LogP contribution is -2.47. The Kier molecular flexibility index (Phi) is 6.49. The van der Waals surface area contributed by atoms with Crippen molar-refractivity contribution >= 4 is 5.91 Å². The Morgan fingerprint density at radius 1 is 0.952 bits per heavy atom. The molecule has 4 nitrogen and oxygen atoms in total. The number of nitrogens with zero attached hydrogens (tertiary/aromatic N) is 2. The minimum absolute atomic E-state index is 0.306. The van der Waals surface area contributed by atoms with E-state index >= 15 is 0 Å². The van der Waals surface area contributed by atoms with Crippen LogP contribution in [0.2, 0.25) is 0 Å². The van der Waals surface area contributed by atoms with Crippen LogP contribution in [0.15, 0.2) is 0 Å². The van der Waals surface area contributed by atoms with E-state index < -0.39 is 0 Å². The highest BCUT2D eigenvalue weighted by Gasteiger charge is 2.27. The van der Waals surface area contributed by atoms with E-state index in [-0.39, 0.29) is 0 Å². The SMILES string of the molecule is CNC1CCC(N(C)CC(=O)N(C)C2CCCCC2)CC1. The minimum Gasteiger partial charge on any atom is -0.342 e. The van der Waals surface area contributed by atoms with Crippen molar-refractivity contribution in [3.05, 3.63) is 0 Å². The second kappa shape index (κ2) is 8.14. The van der Waals surface area contributed by atoms with Crippen molar-refractivity contribution in [1.82, 2.24) is 15.1 Å². The third kappa shape index (κ3) is 4.68. The fraction of sp³-hybridized carbons (Fsp3) is 0.941. The largest absolute Gasteiger partial charge is 0.342 e. The topological polar surface area (TPSA) is 35.6 Å². The summed E-state index contributed by atoms with van der Waals surface area (Å²) in [6.07, 6.45) is 11.2. The molecule has 1 N–H and O–H groups in total. The van der Waals surface area contributed by atoms with Gasteiger partial charge in [-0.2, -0.15) is 0 Å². The first-order valence-electron chi connectivity index (χ1n) is 8.75. The summed E-state index contributed by atoms with van der Waals surface area (Å²) in [6.45, 7) is 0.585. The molecule has 0 bridgehead atoms. The van der Waals surface area contributed by atoms with Gasteiger partial charge in [-0.15, -0.1) is 0 Å². The van der Waals surface area contributed by atoms with E-state index in [9.17, 15) is 4.79 Å². The molecular formula is C17H33N3O. The van der Waals surface area contributed by atoms with Gasteiger partial charge in [0.15, 0.2) is 0 Å². The highest BCUT2D eigenvalue weighted by atomic mass is 16.2. The average molecular weight is 295 g/mol. The first-order chi connectivity index (χ1) is 10.1. The summed E-state index contributed by atoms with van der Waals surface area (Å²) in [7, 11) is 6.18. The van der Waals surface area contributed by atoms with Crippen LogP contribution in [0.4, 0.5) is 0 Å². The van der Waals surface area contributed by atoms with Crippen LogP contribution in [0, 0.1) is 0 Å². The predicted octanol–water partition coefficient (Wildman–Crippen LogP) is 2.24. The van der Waals surface area contributed by atoms with Crippen molar-refractivity contribution in [2.24, 2.45) is 0 Å². The number of carbonyl (C=O) groups excluding carboxylic acids is 1. The fourth-order valence-corrected chi connectivity index (χ4v) is 3.93. The van der Waals surface area contributed by atoms with Gasteiger partial charge in [-0.3, -0.25) is 9.69 Å². The van der Waals surface area contributed by atoms with Crippen LogP contribution < -0.4 is 5.32 Å². The molecule has 2 aliphatic carbocycles. The maximum atomic E-state index is 12.5. The molecule has 0 aromatic rings. The summed E-state index contributed by atoms with van der Waals surface area (Å²) in [5.74, 6) is 0.306. The second-order valence-corrected chi connectivity index (χ2v) is 7.01. The third-order valence-corrected chi connectivity index (χ3v) is 5.63. The average Bonchev–Trinajstić information content (AvgIpc) is 2.55. The van der Waals surface area contributed by atoms with Gasteiger partial charge in [0.1, 0.15) is 0 Å². The molecule has 2 rings (SSSR count). The molecule has 2 saturated carbocycles. The number of hydrogen-bond acceptors (Lipinski definition) is 3. The van der Waals surface area contributed by atoms with Gasteiger partial charge in [0, 0.05) is 25.2 Å². The molecule has 21 heavy (non-hydrogen) atoms. The van der Waals surface area contributed by atoms with Crippen molar-refractivity contribution in [2.75, 3.05) is 27.7 Å². The Morgan fingerprint density at radius 2 is 1.57 bits per heavy atom. The molecule has 0 atom stereocenters. The smallest absolute Gasteiger partial charge is 0.236 e. The van der Waals surface area contributed by atoms with Gasteiger partial charge in [0.05, 0.1) is 6.54 Å². The van der Waals surface area contributed by atoms with Crippen LogP contribution >= 0.6 is 0 Å². The van der Waals surface area contributed by atoms with E-state index in [1.54, 1.807) is 0 Å². The van der Waals surface area contributed by atoms with Crippen LogP contribution in [0.25, 0.3) is 0 Å². The molecule has 0 unspecified atom stereocenters. The van der Waals surface area contributed by atoms with Crippen molar-refractivity contribution in [1.29, 1.82) is 0 Å². The van der Waals surface area contributed by atoms with Crippen molar-refractivity contribution < 1.29 is 4.79 Å². The number of nitrogens with one attached hydrogen (secondary N) is 1. The van der Waals surface area contributed by atoms with Crippen molar-refractivity contribution in [3.63, 3.8) is 0 Å². The highest BCUT2D eigenvalue weighted by Crippen LogP contribution is 2.24. The van der Waals surface area contributed by atoms with Gasteiger partial charge < -0.3 is 10.2 Å². The number of likely N-dealkylation sites (N-methyl/N-ethyl adjacent to an activating group) is 2. The summed E-state index contributed by atoms with van der Waals surface area (Å²) in [4.78, 5) is 16.8. The van der Waals surface area contributed by atoms with Crippen molar-refractivity contribution in [3.8, 4) is 0 Å². The van der Waals surface area contributed by atoms with E-state index in [0.717, 1.165) is 0 Å². The van der Waals surface area contributed by atoms with Crippen LogP contribution in [0.1, 0.15) is 57.8 Å². The molecule has 0 radical (unpaired) electrons. The Hall–Kier alpha value is -0.610. The van der Waals surface area contributed by atoms with Gasteiger partial charge in [-0.25, -0.2) is 0 Å². The molecule has 0 heterocycles. The molecule has 4 heteroatoms. The first kappa shape index (κ1) is 16.8. The molecule has 0 aromatic heterocycles. The van der Waals surface area contributed by atoms with Crippen LogP contribution in [-0.4, -0.2) is 61.5 Å². The van der Waals surface area contributed by atoms with Crippen LogP contribution in [0.5, 0.6) is 0 Å². The highest BCUT2D eigenvalue weighted by molar-refractivity contribution is 5.78. The fourth-order valence-electron chi connectivity index (χ4n) is 3.93. The maximum Gasteiger partial charge on any atom is 0.236 e. The minimum atomic E-state index is 0.306.